The maximum atomic E-state index is 13.5. The second-order valence-corrected chi connectivity index (χ2v) is 11.3. The van der Waals surface area contributed by atoms with Crippen LogP contribution in [0, 0.1) is 5.41 Å². The largest absolute Gasteiger partial charge is 0.403 e. The number of carbonyl (C=O) groups is 3. The van der Waals surface area contributed by atoms with Crippen LogP contribution in [0.1, 0.15) is 26.7 Å². The minimum absolute atomic E-state index is 0.0727. The maximum absolute atomic E-state index is 13.5. The second-order valence-electron chi connectivity index (χ2n) is 9.95. The number of likely N-dealkylation sites (N-methyl/N-ethyl adjacent to an activating group) is 1. The molecule has 0 aromatic heterocycles. The number of hydrogen-bond donors (Lipinski definition) is 2. The van der Waals surface area contributed by atoms with Crippen molar-refractivity contribution in [3.8, 4) is 0 Å². The number of carbonyl (C=O) groups excluding carboxylic acids is 3. The number of fused-ring (bicyclic) bond motifs is 1. The second kappa shape index (κ2) is 9.81. The van der Waals surface area contributed by atoms with Gasteiger partial charge in [0.1, 0.15) is 17.0 Å². The molecule has 204 valence electrons. The first-order valence-electron chi connectivity index (χ1n) is 11.6. The van der Waals surface area contributed by atoms with E-state index >= 15 is 0 Å². The van der Waals surface area contributed by atoms with E-state index in [1.54, 1.807) is 41.3 Å². The van der Waals surface area contributed by atoms with Crippen molar-refractivity contribution in [3.63, 3.8) is 0 Å². The van der Waals surface area contributed by atoms with Gasteiger partial charge in [0, 0.05) is 27.8 Å². The first-order valence-corrected chi connectivity index (χ1v) is 12.7. The Kier molecular flexibility index (Phi) is 7.31. The molecule has 2 aromatic carbocycles. The minimum atomic E-state index is -4.73. The van der Waals surface area contributed by atoms with Gasteiger partial charge < -0.3 is 20.4 Å². The molecule has 1 atom stereocenters. The lowest BCUT2D eigenvalue weighted by atomic mass is 9.99. The Hall–Kier alpha value is -2.69. The molecular weight excluding hydrogens is 568 g/mol. The summed E-state index contributed by atoms with van der Waals surface area (Å²) in [5.74, 6) is -2.61. The van der Waals surface area contributed by atoms with Gasteiger partial charge in [0.05, 0.1) is 17.9 Å². The van der Waals surface area contributed by atoms with Crippen LogP contribution in [-0.4, -0.2) is 49.1 Å². The van der Waals surface area contributed by atoms with E-state index in [4.69, 9.17) is 34.8 Å². The van der Waals surface area contributed by atoms with Crippen LogP contribution in [0.25, 0.3) is 0 Å². The van der Waals surface area contributed by atoms with E-state index in [1.165, 1.54) is 25.8 Å². The van der Waals surface area contributed by atoms with Crippen LogP contribution in [0.3, 0.4) is 0 Å². The molecule has 2 N–H and O–H groups in total. The van der Waals surface area contributed by atoms with Crippen LogP contribution in [0.5, 0.6) is 0 Å². The first kappa shape index (κ1) is 28.3. The van der Waals surface area contributed by atoms with Crippen LogP contribution in [0.15, 0.2) is 36.4 Å². The molecule has 0 spiro atoms. The zero-order valence-corrected chi connectivity index (χ0v) is 22.8. The Labute approximate surface area is 232 Å². The molecule has 1 aliphatic heterocycles. The first-order chi connectivity index (χ1) is 17.6. The van der Waals surface area contributed by atoms with E-state index < -0.39 is 40.9 Å². The summed E-state index contributed by atoms with van der Waals surface area (Å²) < 4.78 is 40.2. The third-order valence-corrected chi connectivity index (χ3v) is 7.44. The van der Waals surface area contributed by atoms with Gasteiger partial charge in [0.2, 0.25) is 11.8 Å². The summed E-state index contributed by atoms with van der Waals surface area (Å²) in [7, 11) is 1.51. The molecule has 4 rings (SSSR count). The van der Waals surface area contributed by atoms with Crippen LogP contribution < -0.4 is 20.4 Å². The SMILES string of the molecule is CN1C(=O)[C@H](NC(=O)C(C)(C)NC(=O)C2(C(F)(F)F)CC2)CN(c2cc(Cl)cc(Cl)c2)c2ccc(Cl)cc21. The fraction of sp³-hybridized carbons (Fsp3) is 0.400. The molecule has 0 saturated heterocycles. The van der Waals surface area contributed by atoms with Gasteiger partial charge in [-0.25, -0.2) is 0 Å². The van der Waals surface area contributed by atoms with Gasteiger partial charge in [-0.2, -0.15) is 13.2 Å². The van der Waals surface area contributed by atoms with Gasteiger partial charge in [-0.1, -0.05) is 34.8 Å². The number of benzene rings is 2. The van der Waals surface area contributed by atoms with E-state index in [-0.39, 0.29) is 19.4 Å². The minimum Gasteiger partial charge on any atom is -0.341 e. The average Bonchev–Trinajstić information content (AvgIpc) is 3.62. The van der Waals surface area contributed by atoms with Crippen molar-refractivity contribution >= 4 is 69.6 Å². The molecule has 2 aromatic rings. The van der Waals surface area contributed by atoms with Crippen molar-refractivity contribution in [3.05, 3.63) is 51.5 Å². The van der Waals surface area contributed by atoms with Gasteiger partial charge in [-0.3, -0.25) is 14.4 Å². The molecule has 1 aliphatic carbocycles. The van der Waals surface area contributed by atoms with E-state index in [0.29, 0.717) is 32.1 Å². The number of halogens is 6. The third kappa shape index (κ3) is 5.26. The molecule has 1 fully saturated rings. The number of nitrogens with zero attached hydrogens (tertiary/aromatic N) is 2. The lowest BCUT2D eigenvalue weighted by molar-refractivity contribution is -0.193. The third-order valence-electron chi connectivity index (χ3n) is 6.77. The highest BCUT2D eigenvalue weighted by Crippen LogP contribution is 2.57. The molecule has 38 heavy (non-hydrogen) atoms. The molecule has 1 saturated carbocycles. The lowest BCUT2D eigenvalue weighted by Gasteiger charge is -2.31. The molecule has 7 nitrogen and oxygen atoms in total. The number of nitrogens with one attached hydrogen (secondary N) is 2. The smallest absolute Gasteiger partial charge is 0.341 e. The Bertz CT molecular complexity index is 1290. The van der Waals surface area contributed by atoms with Gasteiger partial charge in [0.15, 0.2) is 0 Å². The highest BCUT2D eigenvalue weighted by molar-refractivity contribution is 6.35. The summed E-state index contributed by atoms with van der Waals surface area (Å²) >= 11 is 18.6. The topological polar surface area (TPSA) is 81.8 Å². The summed E-state index contributed by atoms with van der Waals surface area (Å²) in [4.78, 5) is 42.3. The van der Waals surface area contributed by atoms with Gasteiger partial charge in [0.25, 0.3) is 5.91 Å². The van der Waals surface area contributed by atoms with E-state index in [2.05, 4.69) is 10.6 Å². The molecular formula is C25H24Cl3F3N4O3. The van der Waals surface area contributed by atoms with Crippen LogP contribution in [0.4, 0.5) is 30.2 Å². The Morgan fingerprint density at radius 1 is 0.974 bits per heavy atom. The molecule has 3 amide bonds. The number of rotatable bonds is 5. The zero-order valence-electron chi connectivity index (χ0n) is 20.5. The van der Waals surface area contributed by atoms with E-state index in [0.717, 1.165) is 0 Å². The lowest BCUT2D eigenvalue weighted by Crippen LogP contribution is -2.62. The van der Waals surface area contributed by atoms with Gasteiger partial charge >= 0.3 is 6.18 Å². The van der Waals surface area contributed by atoms with Gasteiger partial charge in [-0.05, 0) is 63.1 Å². The van der Waals surface area contributed by atoms with Crippen molar-refractivity contribution in [1.82, 2.24) is 10.6 Å². The van der Waals surface area contributed by atoms with Crippen molar-refractivity contribution in [2.24, 2.45) is 5.41 Å². The standard InChI is InChI=1S/C25H24Cl3F3N4O3/c1-23(2,33-22(38)24(6-7-24)25(29,30)31)21(37)32-17-12-35(16-9-14(27)8-15(28)10-16)18-5-4-13(26)11-19(18)34(3)20(17)36/h4-5,8-11,17H,6-7,12H2,1-3H3,(H,32,37)(H,33,38)/t17-/m1/s1. The average molecular weight is 592 g/mol. The van der Waals surface area contributed by atoms with Crippen molar-refractivity contribution < 1.29 is 27.6 Å². The number of hydrogen-bond acceptors (Lipinski definition) is 4. The molecule has 0 unspecified atom stereocenters. The van der Waals surface area contributed by atoms with Crippen molar-refractivity contribution in [2.45, 2.75) is 44.4 Å². The van der Waals surface area contributed by atoms with E-state index in [1.807, 2.05) is 0 Å². The summed E-state index contributed by atoms with van der Waals surface area (Å²) in [6, 6.07) is 8.59. The summed E-state index contributed by atoms with van der Waals surface area (Å²) in [5, 5.41) is 5.88. The quantitative estimate of drug-likeness (QED) is 0.482. The number of amides is 3. The molecule has 13 heteroatoms. The Morgan fingerprint density at radius 3 is 2.13 bits per heavy atom. The molecule has 1 heterocycles. The monoisotopic (exact) mass is 590 g/mol. The fourth-order valence-electron chi connectivity index (χ4n) is 4.32. The van der Waals surface area contributed by atoms with Crippen LogP contribution in [0.2, 0.25) is 15.1 Å². The van der Waals surface area contributed by atoms with Gasteiger partial charge in [-0.15, -0.1) is 0 Å². The molecule has 0 radical (unpaired) electrons. The molecule has 0 bridgehead atoms. The summed E-state index contributed by atoms with van der Waals surface area (Å²) in [6.45, 7) is 2.48. The highest BCUT2D eigenvalue weighted by Gasteiger charge is 2.69. The highest BCUT2D eigenvalue weighted by atomic mass is 35.5. The normalized spacial score (nSPS) is 19.0. The Balaban J connectivity index is 1.64. The van der Waals surface area contributed by atoms with Crippen LogP contribution >= 0.6 is 34.8 Å². The fourth-order valence-corrected chi connectivity index (χ4v) is 5.00. The number of anilines is 3. The summed E-state index contributed by atoms with van der Waals surface area (Å²) in [5.41, 5.74) is -2.69. The van der Waals surface area contributed by atoms with Crippen molar-refractivity contribution in [2.75, 3.05) is 23.4 Å². The molecule has 2 aliphatic rings. The zero-order chi connectivity index (χ0) is 28.2. The van der Waals surface area contributed by atoms with E-state index in [9.17, 15) is 27.6 Å². The maximum Gasteiger partial charge on any atom is 0.403 e. The van der Waals surface area contributed by atoms with Crippen LogP contribution in [-0.2, 0) is 14.4 Å². The van der Waals surface area contributed by atoms with Crippen molar-refractivity contribution in [1.29, 1.82) is 0 Å². The predicted octanol–water partition coefficient (Wildman–Crippen LogP) is 5.48. The predicted molar refractivity (Wildman–Crippen MR) is 140 cm³/mol. The number of alkyl halides is 3. The summed E-state index contributed by atoms with van der Waals surface area (Å²) in [6.07, 6.45) is -5.41. The Morgan fingerprint density at radius 2 is 1.58 bits per heavy atom.